The minimum Gasteiger partial charge on any atom is -0.444 e. The van der Waals surface area contributed by atoms with Crippen LogP contribution in [-0.4, -0.2) is 14.5 Å². The Bertz CT molecular complexity index is 779. The maximum atomic E-state index is 13.4. The minimum absolute atomic E-state index is 0.0199. The van der Waals surface area contributed by atoms with Crippen LogP contribution in [0, 0.1) is 5.82 Å². The van der Waals surface area contributed by atoms with Crippen LogP contribution in [0.5, 0.6) is 0 Å². The molecule has 1 N–H and O–H groups in total. The summed E-state index contributed by atoms with van der Waals surface area (Å²) in [6.45, 7) is 0.0199. The fourth-order valence-corrected chi connectivity index (χ4v) is 2.18. The van der Waals surface area contributed by atoms with E-state index in [2.05, 4.69) is 5.32 Å². The third-order valence-electron chi connectivity index (χ3n) is 2.65. The largest absolute Gasteiger partial charge is 0.444 e. The van der Waals surface area contributed by atoms with Crippen LogP contribution in [0.1, 0.15) is 5.56 Å². The van der Waals surface area contributed by atoms with Gasteiger partial charge in [-0.2, -0.15) is 8.42 Å². The van der Waals surface area contributed by atoms with Crippen molar-refractivity contribution >= 4 is 22.0 Å². The average molecular weight is 327 g/mol. The number of nitrogens with one attached hydrogen (secondary N) is 1. The van der Waals surface area contributed by atoms with E-state index in [0.29, 0.717) is 6.07 Å². The SMILES string of the molecule is O=C(Nc1ccc(S(=O)(=O)F)c(F)c1)OCc1ccccc1. The van der Waals surface area contributed by atoms with Crippen LogP contribution in [0.25, 0.3) is 0 Å². The average Bonchev–Trinajstić information content (AvgIpc) is 2.45. The number of benzene rings is 2. The van der Waals surface area contributed by atoms with Gasteiger partial charge in [-0.3, -0.25) is 5.32 Å². The fourth-order valence-electron chi connectivity index (χ4n) is 1.65. The Morgan fingerprint density at radius 3 is 2.41 bits per heavy atom. The number of amides is 1. The second-order valence-corrected chi connectivity index (χ2v) is 5.59. The molecule has 0 aromatic heterocycles. The van der Waals surface area contributed by atoms with Gasteiger partial charge >= 0.3 is 16.3 Å². The molecule has 0 spiro atoms. The van der Waals surface area contributed by atoms with Gasteiger partial charge in [-0.25, -0.2) is 9.18 Å². The summed E-state index contributed by atoms with van der Waals surface area (Å²) in [6.07, 6.45) is -0.848. The van der Waals surface area contributed by atoms with E-state index in [0.717, 1.165) is 17.7 Å². The van der Waals surface area contributed by atoms with Crippen molar-refractivity contribution < 1.29 is 26.2 Å². The summed E-state index contributed by atoms with van der Waals surface area (Å²) in [5.74, 6) is -1.30. The molecular formula is C14H11F2NO4S. The van der Waals surface area contributed by atoms with Gasteiger partial charge in [0.05, 0.1) is 0 Å². The van der Waals surface area contributed by atoms with Gasteiger partial charge in [-0.05, 0) is 23.8 Å². The minimum atomic E-state index is -5.14. The Morgan fingerprint density at radius 2 is 1.82 bits per heavy atom. The summed E-state index contributed by atoms with van der Waals surface area (Å²) < 4.78 is 52.3. The first-order chi connectivity index (χ1) is 10.4. The number of hydrogen-bond acceptors (Lipinski definition) is 4. The van der Waals surface area contributed by atoms with Crippen molar-refractivity contribution in [2.75, 3.05) is 5.32 Å². The highest BCUT2D eigenvalue weighted by atomic mass is 32.3. The molecule has 0 saturated heterocycles. The van der Waals surface area contributed by atoms with Crippen LogP contribution >= 0.6 is 0 Å². The van der Waals surface area contributed by atoms with Crippen molar-refractivity contribution in [3.8, 4) is 0 Å². The molecule has 0 unspecified atom stereocenters. The molecule has 1 amide bonds. The smallest absolute Gasteiger partial charge is 0.411 e. The lowest BCUT2D eigenvalue weighted by Crippen LogP contribution is -2.14. The van der Waals surface area contributed by atoms with Gasteiger partial charge in [0.15, 0.2) is 0 Å². The third kappa shape index (κ3) is 4.26. The first-order valence-electron chi connectivity index (χ1n) is 6.08. The van der Waals surface area contributed by atoms with E-state index in [1.807, 2.05) is 6.07 Å². The highest BCUT2D eigenvalue weighted by Crippen LogP contribution is 2.20. The molecule has 2 rings (SSSR count). The lowest BCUT2D eigenvalue weighted by Gasteiger charge is -2.08. The van der Waals surface area contributed by atoms with Crippen LogP contribution < -0.4 is 5.32 Å². The summed E-state index contributed by atoms with van der Waals surface area (Å²) in [7, 11) is -5.14. The second kappa shape index (κ2) is 6.52. The first kappa shape index (κ1) is 15.9. The van der Waals surface area contributed by atoms with Gasteiger partial charge in [-0.1, -0.05) is 30.3 Å². The zero-order valence-corrected chi connectivity index (χ0v) is 11.9. The van der Waals surface area contributed by atoms with Gasteiger partial charge in [-0.15, -0.1) is 3.89 Å². The van der Waals surface area contributed by atoms with Gasteiger partial charge in [0.25, 0.3) is 0 Å². The van der Waals surface area contributed by atoms with Crippen LogP contribution in [0.4, 0.5) is 18.8 Å². The molecule has 0 bridgehead atoms. The number of hydrogen-bond donors (Lipinski definition) is 1. The Morgan fingerprint density at radius 1 is 1.14 bits per heavy atom. The number of halogens is 2. The van der Waals surface area contributed by atoms with Crippen molar-refractivity contribution in [3.05, 3.63) is 59.9 Å². The molecule has 8 heteroatoms. The standard InChI is InChI=1S/C14H11F2NO4S/c15-12-8-11(6-7-13(12)22(16,19)20)17-14(18)21-9-10-4-2-1-3-5-10/h1-8H,9H2,(H,17,18). The molecule has 0 aliphatic carbocycles. The molecule has 22 heavy (non-hydrogen) atoms. The zero-order valence-electron chi connectivity index (χ0n) is 11.1. The molecular weight excluding hydrogens is 316 g/mol. The summed E-state index contributed by atoms with van der Waals surface area (Å²) >= 11 is 0. The highest BCUT2D eigenvalue weighted by Gasteiger charge is 2.18. The van der Waals surface area contributed by atoms with Crippen LogP contribution in [0.2, 0.25) is 0 Å². The monoisotopic (exact) mass is 327 g/mol. The predicted molar refractivity (Wildman–Crippen MR) is 74.9 cm³/mol. The molecule has 0 saturated carbocycles. The van der Waals surface area contributed by atoms with Crippen molar-refractivity contribution in [2.45, 2.75) is 11.5 Å². The Kier molecular flexibility index (Phi) is 4.71. The molecule has 2 aromatic carbocycles. The summed E-state index contributed by atoms with van der Waals surface area (Å²) in [5, 5.41) is 2.21. The molecule has 2 aromatic rings. The maximum absolute atomic E-state index is 13.4. The predicted octanol–water partition coefficient (Wildman–Crippen LogP) is 3.23. The molecule has 0 aliphatic heterocycles. The van der Waals surface area contributed by atoms with Crippen LogP contribution in [-0.2, 0) is 21.6 Å². The van der Waals surface area contributed by atoms with E-state index in [1.54, 1.807) is 24.3 Å². The molecule has 116 valence electrons. The van der Waals surface area contributed by atoms with Crippen LogP contribution in [0.15, 0.2) is 53.4 Å². The van der Waals surface area contributed by atoms with E-state index >= 15 is 0 Å². The number of carbonyl (C=O) groups is 1. The lowest BCUT2D eigenvalue weighted by atomic mass is 10.2. The molecule has 0 heterocycles. The van der Waals surface area contributed by atoms with E-state index in [4.69, 9.17) is 4.74 Å². The lowest BCUT2D eigenvalue weighted by molar-refractivity contribution is 0.155. The number of ether oxygens (including phenoxy) is 1. The molecule has 0 radical (unpaired) electrons. The number of carbonyl (C=O) groups excluding carboxylic acids is 1. The van der Waals surface area contributed by atoms with Gasteiger partial charge in [0.1, 0.15) is 17.3 Å². The third-order valence-corrected chi connectivity index (χ3v) is 3.51. The Hall–Kier alpha value is -2.48. The molecule has 0 aliphatic rings. The van der Waals surface area contributed by atoms with Crippen molar-refractivity contribution in [1.29, 1.82) is 0 Å². The van der Waals surface area contributed by atoms with Crippen molar-refractivity contribution in [3.63, 3.8) is 0 Å². The van der Waals surface area contributed by atoms with E-state index in [-0.39, 0.29) is 12.3 Å². The van der Waals surface area contributed by atoms with Crippen molar-refractivity contribution in [2.24, 2.45) is 0 Å². The number of rotatable bonds is 4. The van der Waals surface area contributed by atoms with E-state index in [1.165, 1.54) is 0 Å². The Labute approximate surface area is 125 Å². The van der Waals surface area contributed by atoms with E-state index in [9.17, 15) is 21.5 Å². The second-order valence-electron chi connectivity index (χ2n) is 4.27. The first-order valence-corrected chi connectivity index (χ1v) is 7.46. The molecule has 0 fully saturated rings. The zero-order chi connectivity index (χ0) is 16.2. The maximum Gasteiger partial charge on any atom is 0.411 e. The summed E-state index contributed by atoms with van der Waals surface area (Å²) in [5.41, 5.74) is 0.714. The normalized spacial score (nSPS) is 11.0. The van der Waals surface area contributed by atoms with Gasteiger partial charge < -0.3 is 4.74 Å². The summed E-state index contributed by atoms with van der Waals surface area (Å²) in [6, 6.07) is 11.4. The van der Waals surface area contributed by atoms with Gasteiger partial charge in [0, 0.05) is 5.69 Å². The number of anilines is 1. The van der Waals surface area contributed by atoms with Crippen molar-refractivity contribution in [1.82, 2.24) is 0 Å². The Balaban J connectivity index is 1.99. The van der Waals surface area contributed by atoms with E-state index < -0.39 is 27.0 Å². The highest BCUT2D eigenvalue weighted by molar-refractivity contribution is 7.86. The topological polar surface area (TPSA) is 72.5 Å². The quantitative estimate of drug-likeness (QED) is 0.875. The molecule has 5 nitrogen and oxygen atoms in total. The fraction of sp³-hybridized carbons (Fsp3) is 0.0714. The molecule has 0 atom stereocenters. The van der Waals surface area contributed by atoms with Gasteiger partial charge in [0.2, 0.25) is 0 Å². The van der Waals surface area contributed by atoms with Crippen LogP contribution in [0.3, 0.4) is 0 Å². The summed E-state index contributed by atoms with van der Waals surface area (Å²) in [4.78, 5) is 10.4.